The second-order valence-electron chi connectivity index (χ2n) is 4.84. The highest BCUT2D eigenvalue weighted by Gasteiger charge is 2.08. The third-order valence-electron chi connectivity index (χ3n) is 3.28. The van der Waals surface area contributed by atoms with E-state index in [1.807, 2.05) is 30.6 Å². The summed E-state index contributed by atoms with van der Waals surface area (Å²) < 4.78 is 5.38. The summed E-state index contributed by atoms with van der Waals surface area (Å²) in [5, 5.41) is 0. The van der Waals surface area contributed by atoms with E-state index in [4.69, 9.17) is 4.74 Å². The van der Waals surface area contributed by atoms with Crippen LogP contribution < -0.4 is 4.74 Å². The minimum Gasteiger partial charge on any atom is -0.494 e. The molecule has 21 heavy (non-hydrogen) atoms. The molecule has 5 heteroatoms. The fourth-order valence-electron chi connectivity index (χ4n) is 2.15. The van der Waals surface area contributed by atoms with Gasteiger partial charge in [0.25, 0.3) is 0 Å². The van der Waals surface area contributed by atoms with Crippen LogP contribution in [0.3, 0.4) is 0 Å². The molecule has 0 bridgehead atoms. The lowest BCUT2D eigenvalue weighted by Gasteiger charge is -1.97. The molecule has 2 heterocycles. The summed E-state index contributed by atoms with van der Waals surface area (Å²) in [5.41, 5.74) is 2.98. The Morgan fingerprint density at radius 1 is 1.24 bits per heavy atom. The SMILES string of the molecule is CCCCCCN=Cc1[nH]c(-c2ccc[nH]2)cc1OC.Cl. The molecule has 4 nitrogen and oxygen atoms in total. The van der Waals surface area contributed by atoms with Gasteiger partial charge in [0.05, 0.1) is 24.2 Å². The van der Waals surface area contributed by atoms with Crippen LogP contribution in [0.4, 0.5) is 0 Å². The van der Waals surface area contributed by atoms with E-state index in [2.05, 4.69) is 21.9 Å². The summed E-state index contributed by atoms with van der Waals surface area (Å²) in [6.45, 7) is 3.09. The summed E-state index contributed by atoms with van der Waals surface area (Å²) in [6.07, 6.45) is 8.73. The molecule has 0 saturated heterocycles. The van der Waals surface area contributed by atoms with Crippen LogP contribution in [0, 0.1) is 0 Å². The van der Waals surface area contributed by atoms with E-state index in [1.54, 1.807) is 7.11 Å². The zero-order chi connectivity index (χ0) is 14.2. The van der Waals surface area contributed by atoms with Gasteiger partial charge in [0, 0.05) is 25.0 Å². The molecule has 0 fully saturated rings. The number of aromatic nitrogens is 2. The number of rotatable bonds is 8. The van der Waals surface area contributed by atoms with Gasteiger partial charge in [-0.1, -0.05) is 26.2 Å². The number of aliphatic imine (C=N–C) groups is 1. The van der Waals surface area contributed by atoms with Crippen molar-refractivity contribution in [1.82, 2.24) is 9.97 Å². The number of halogens is 1. The van der Waals surface area contributed by atoms with Crippen molar-refractivity contribution < 1.29 is 4.74 Å². The number of aromatic amines is 2. The van der Waals surface area contributed by atoms with Crippen LogP contribution >= 0.6 is 12.4 Å². The lowest BCUT2D eigenvalue weighted by Crippen LogP contribution is -1.90. The summed E-state index contributed by atoms with van der Waals surface area (Å²) >= 11 is 0. The molecule has 2 rings (SSSR count). The number of hydrogen-bond acceptors (Lipinski definition) is 2. The molecule has 2 aromatic rings. The van der Waals surface area contributed by atoms with E-state index < -0.39 is 0 Å². The predicted octanol–water partition coefficient (Wildman–Crippen LogP) is 4.44. The topological polar surface area (TPSA) is 53.2 Å². The molecule has 0 unspecified atom stereocenters. The van der Waals surface area contributed by atoms with Crippen LogP contribution in [0.25, 0.3) is 11.4 Å². The summed E-state index contributed by atoms with van der Waals surface area (Å²) in [6, 6.07) is 5.99. The van der Waals surface area contributed by atoms with Crippen molar-refractivity contribution >= 4 is 18.6 Å². The molecular weight excluding hydrogens is 286 g/mol. The Morgan fingerprint density at radius 3 is 2.76 bits per heavy atom. The first-order valence-electron chi connectivity index (χ1n) is 7.25. The molecule has 0 atom stereocenters. The summed E-state index contributed by atoms with van der Waals surface area (Å²) in [7, 11) is 1.68. The quantitative estimate of drug-likeness (QED) is 0.549. The number of ether oxygens (including phenoxy) is 1. The van der Waals surface area contributed by atoms with Crippen molar-refractivity contribution in [3.8, 4) is 17.1 Å². The minimum absolute atomic E-state index is 0. The van der Waals surface area contributed by atoms with Gasteiger partial charge in [-0.25, -0.2) is 0 Å². The Labute approximate surface area is 132 Å². The second kappa shape index (κ2) is 9.29. The van der Waals surface area contributed by atoms with E-state index in [1.165, 1.54) is 19.3 Å². The lowest BCUT2D eigenvalue weighted by atomic mass is 10.2. The van der Waals surface area contributed by atoms with E-state index >= 15 is 0 Å². The van der Waals surface area contributed by atoms with E-state index in [0.29, 0.717) is 0 Å². The first kappa shape index (κ1) is 17.4. The van der Waals surface area contributed by atoms with Gasteiger partial charge >= 0.3 is 0 Å². The average molecular weight is 310 g/mol. The molecule has 0 amide bonds. The Hall–Kier alpha value is -1.68. The molecule has 0 radical (unpaired) electrons. The van der Waals surface area contributed by atoms with Crippen LogP contribution in [0.2, 0.25) is 0 Å². The van der Waals surface area contributed by atoms with Gasteiger partial charge in [-0.2, -0.15) is 0 Å². The number of unbranched alkanes of at least 4 members (excludes halogenated alkanes) is 3. The van der Waals surface area contributed by atoms with Gasteiger partial charge in [0.1, 0.15) is 5.75 Å². The number of H-pyrrole nitrogens is 2. The highest BCUT2D eigenvalue weighted by atomic mass is 35.5. The molecule has 2 N–H and O–H groups in total. The monoisotopic (exact) mass is 309 g/mol. The molecule has 0 aliphatic rings. The van der Waals surface area contributed by atoms with E-state index in [9.17, 15) is 0 Å². The fraction of sp³-hybridized carbons (Fsp3) is 0.438. The molecule has 2 aromatic heterocycles. The number of methoxy groups -OCH3 is 1. The van der Waals surface area contributed by atoms with Gasteiger partial charge in [-0.3, -0.25) is 4.99 Å². The van der Waals surface area contributed by atoms with E-state index in [0.717, 1.165) is 35.8 Å². The van der Waals surface area contributed by atoms with Gasteiger partial charge < -0.3 is 14.7 Å². The smallest absolute Gasteiger partial charge is 0.146 e. The normalized spacial score (nSPS) is 10.8. The number of hydrogen-bond donors (Lipinski definition) is 2. The zero-order valence-corrected chi connectivity index (χ0v) is 13.5. The maximum Gasteiger partial charge on any atom is 0.146 e. The van der Waals surface area contributed by atoms with Gasteiger partial charge in [0.15, 0.2) is 0 Å². The van der Waals surface area contributed by atoms with Crippen molar-refractivity contribution in [2.45, 2.75) is 32.6 Å². The first-order chi connectivity index (χ1) is 9.85. The minimum atomic E-state index is 0. The first-order valence-corrected chi connectivity index (χ1v) is 7.25. The zero-order valence-electron chi connectivity index (χ0n) is 12.7. The van der Waals surface area contributed by atoms with E-state index in [-0.39, 0.29) is 12.4 Å². The Morgan fingerprint density at radius 2 is 2.10 bits per heavy atom. The van der Waals surface area contributed by atoms with Gasteiger partial charge in [-0.05, 0) is 18.6 Å². The molecule has 0 saturated carbocycles. The van der Waals surface area contributed by atoms with Crippen LogP contribution in [-0.4, -0.2) is 29.8 Å². The van der Waals surface area contributed by atoms with Gasteiger partial charge in [-0.15, -0.1) is 12.4 Å². The highest BCUT2D eigenvalue weighted by molar-refractivity contribution is 5.85. The third kappa shape index (κ3) is 4.97. The molecule has 0 aliphatic carbocycles. The van der Waals surface area contributed by atoms with Crippen molar-refractivity contribution in [1.29, 1.82) is 0 Å². The van der Waals surface area contributed by atoms with Crippen LogP contribution in [0.5, 0.6) is 5.75 Å². The molecule has 0 aromatic carbocycles. The largest absolute Gasteiger partial charge is 0.494 e. The second-order valence-corrected chi connectivity index (χ2v) is 4.84. The number of nitrogens with zero attached hydrogens (tertiary/aromatic N) is 1. The standard InChI is InChI=1S/C16H23N3O.ClH/c1-3-4-5-6-9-17-12-15-16(20-2)11-14(19-15)13-8-7-10-18-13;/h7-8,10-12,18-19H,3-6,9H2,1-2H3;1H. The maximum absolute atomic E-state index is 5.38. The molecular formula is C16H24ClN3O. The number of nitrogens with one attached hydrogen (secondary N) is 2. The summed E-state index contributed by atoms with van der Waals surface area (Å²) in [4.78, 5) is 11.0. The van der Waals surface area contributed by atoms with Crippen molar-refractivity contribution in [2.75, 3.05) is 13.7 Å². The van der Waals surface area contributed by atoms with Crippen LogP contribution in [0.15, 0.2) is 29.4 Å². The average Bonchev–Trinajstić information content (AvgIpc) is 3.11. The van der Waals surface area contributed by atoms with Crippen molar-refractivity contribution in [2.24, 2.45) is 4.99 Å². The maximum atomic E-state index is 5.38. The third-order valence-corrected chi connectivity index (χ3v) is 3.28. The fourth-order valence-corrected chi connectivity index (χ4v) is 2.15. The lowest BCUT2D eigenvalue weighted by molar-refractivity contribution is 0.415. The molecule has 0 aliphatic heterocycles. The van der Waals surface area contributed by atoms with Crippen molar-refractivity contribution in [3.63, 3.8) is 0 Å². The van der Waals surface area contributed by atoms with Crippen molar-refractivity contribution in [3.05, 3.63) is 30.1 Å². The van der Waals surface area contributed by atoms with Gasteiger partial charge in [0.2, 0.25) is 0 Å². The highest BCUT2D eigenvalue weighted by Crippen LogP contribution is 2.25. The Balaban J connectivity index is 0.00000220. The van der Waals surface area contributed by atoms with Crippen LogP contribution in [-0.2, 0) is 0 Å². The Bertz CT molecular complexity index is 532. The summed E-state index contributed by atoms with van der Waals surface area (Å²) in [5.74, 6) is 0.826. The predicted molar refractivity (Wildman–Crippen MR) is 91.0 cm³/mol. The molecule has 116 valence electrons. The Kier molecular flexibility index (Phi) is 7.69. The van der Waals surface area contributed by atoms with Crippen LogP contribution in [0.1, 0.15) is 38.3 Å². The molecule has 0 spiro atoms.